The van der Waals surface area contributed by atoms with Crippen LogP contribution in [0.15, 0.2) is 27.1 Å². The number of aliphatic hydroxyl groups excluding tert-OH is 3. The first-order valence-corrected chi connectivity index (χ1v) is 21.2. The Labute approximate surface area is 318 Å². The molecule has 1 saturated heterocycles. The monoisotopic (exact) mass is 867 g/mol. The van der Waals surface area contributed by atoms with Crippen LogP contribution in [0.25, 0.3) is 0 Å². The second-order valence-electron chi connectivity index (χ2n) is 12.5. The van der Waals surface area contributed by atoms with Crippen molar-refractivity contribution in [3.05, 3.63) is 12.2 Å². The van der Waals surface area contributed by atoms with Crippen LogP contribution in [0.5, 0.6) is 0 Å². The first-order valence-electron chi connectivity index (χ1n) is 16.1. The Hall–Kier alpha value is -2.32. The molecule has 312 valence electrons. The number of ketones is 1. The third kappa shape index (κ3) is 12.6. The van der Waals surface area contributed by atoms with Gasteiger partial charge >= 0.3 is 23.5 Å². The summed E-state index contributed by atoms with van der Waals surface area (Å²) in [4.78, 5) is 90.3. The predicted octanol–water partition coefficient (Wildman–Crippen LogP) is -2.94. The smallest absolute Gasteiger partial charge is 0.396 e. The van der Waals surface area contributed by atoms with Gasteiger partial charge in [0.25, 0.3) is 0 Å². The first kappa shape index (κ1) is 47.1. The van der Waals surface area contributed by atoms with Crippen LogP contribution in [0, 0.1) is 5.41 Å². The highest BCUT2D eigenvalue weighted by Gasteiger charge is 2.61. The molecule has 0 aromatic rings. The minimum absolute atomic E-state index is 0.0631. The van der Waals surface area contributed by atoms with Crippen LogP contribution in [0.4, 0.5) is 0 Å². The van der Waals surface area contributed by atoms with Gasteiger partial charge in [0.15, 0.2) is 5.84 Å². The summed E-state index contributed by atoms with van der Waals surface area (Å²) in [6.45, 7) is -0.280. The quantitative estimate of drug-likeness (QED) is 0.0294. The van der Waals surface area contributed by atoms with E-state index in [4.69, 9.17) is 29.1 Å². The van der Waals surface area contributed by atoms with Gasteiger partial charge in [-0.25, -0.2) is 28.6 Å². The fourth-order valence-corrected chi connectivity index (χ4v) is 8.14. The zero-order valence-corrected chi connectivity index (χ0v) is 32.8. The lowest BCUT2D eigenvalue weighted by molar-refractivity contribution is -0.140. The molecular formula is C26H44N7O18P3S. The van der Waals surface area contributed by atoms with Crippen LogP contribution >= 0.6 is 36.1 Å². The molecule has 0 aromatic heterocycles. The fourth-order valence-electron chi connectivity index (χ4n) is 5.20. The Bertz CT molecular complexity index is 1690. The molecule has 29 heteroatoms. The van der Waals surface area contributed by atoms with E-state index in [1.54, 1.807) is 0 Å². The molecule has 55 heavy (non-hydrogen) atoms. The summed E-state index contributed by atoms with van der Waals surface area (Å²) >= 11 is 3.95. The molecule has 0 spiro atoms. The number of phosphoric ester groups is 3. The number of hydrogen-bond donors (Lipinski definition) is 11. The molecule has 3 rings (SSSR count). The molecule has 3 aliphatic heterocycles. The largest absolute Gasteiger partial charge is 0.481 e. The van der Waals surface area contributed by atoms with Gasteiger partial charge in [-0.05, 0) is 12.5 Å². The van der Waals surface area contributed by atoms with Crippen molar-refractivity contribution in [2.75, 3.05) is 45.3 Å². The molecule has 3 aliphatic rings. The second kappa shape index (κ2) is 19.4. The minimum atomic E-state index is -5.65. The van der Waals surface area contributed by atoms with E-state index in [1.165, 1.54) is 19.9 Å². The molecule has 11 N–H and O–H groups in total. The maximum atomic E-state index is 13.5. The number of aliphatic imine (C=N–C) groups is 3. The number of thiol groups is 1. The molecule has 2 amide bonds. The summed E-state index contributed by atoms with van der Waals surface area (Å²) in [7, 11) is -16.6. The van der Waals surface area contributed by atoms with Crippen molar-refractivity contribution in [1.29, 1.82) is 0 Å². The summed E-state index contributed by atoms with van der Waals surface area (Å²) in [6.07, 6.45) is -6.40. The number of nitrogens with one attached hydrogen (secondary N) is 2. The van der Waals surface area contributed by atoms with E-state index in [-0.39, 0.29) is 43.4 Å². The number of aliphatic hydroxyl groups is 3. The van der Waals surface area contributed by atoms with Crippen LogP contribution in [-0.2, 0) is 50.7 Å². The Morgan fingerprint density at radius 3 is 2.47 bits per heavy atom. The lowest BCUT2D eigenvalue weighted by Gasteiger charge is -2.38. The van der Waals surface area contributed by atoms with Crippen molar-refractivity contribution < 1.29 is 85.6 Å². The van der Waals surface area contributed by atoms with E-state index in [0.717, 1.165) is 17.3 Å². The Balaban J connectivity index is 1.70. The molecule has 25 nitrogen and oxygen atoms in total. The molecule has 4 unspecified atom stereocenters. The van der Waals surface area contributed by atoms with Gasteiger partial charge in [0.05, 0.1) is 19.9 Å². The number of ether oxygens (including phenoxy) is 1. The highest BCUT2D eigenvalue weighted by atomic mass is 32.1. The molecule has 0 bridgehead atoms. The normalized spacial score (nSPS) is 27.2. The average Bonchev–Trinajstić information content (AvgIpc) is 3.62. The van der Waals surface area contributed by atoms with Crippen LogP contribution in [0.2, 0.25) is 0 Å². The molecule has 1 fully saturated rings. The molecule has 0 saturated carbocycles. The number of rotatable bonds is 22. The Morgan fingerprint density at radius 2 is 1.84 bits per heavy atom. The second-order valence-corrected chi connectivity index (χ2v) is 17.2. The number of nitrogens with zero attached hydrogens (tertiary/aromatic N) is 4. The predicted molar refractivity (Wildman–Crippen MR) is 191 cm³/mol. The number of amides is 2. The maximum absolute atomic E-state index is 13.5. The molecule has 0 aromatic carbocycles. The van der Waals surface area contributed by atoms with Gasteiger partial charge in [0.1, 0.15) is 42.7 Å². The average molecular weight is 868 g/mol. The summed E-state index contributed by atoms with van der Waals surface area (Å²) in [5.74, 6) is -2.01. The number of hydrogen-bond acceptors (Lipinski definition) is 20. The van der Waals surface area contributed by atoms with Crippen molar-refractivity contribution in [3.8, 4) is 0 Å². The van der Waals surface area contributed by atoms with Gasteiger partial charge in [-0.15, -0.1) is 0 Å². The minimum Gasteiger partial charge on any atom is -0.396 e. The molecule has 3 heterocycles. The van der Waals surface area contributed by atoms with Crippen molar-refractivity contribution in [2.24, 2.45) is 26.1 Å². The van der Waals surface area contributed by atoms with E-state index in [2.05, 4.69) is 42.6 Å². The van der Waals surface area contributed by atoms with E-state index < -0.39 is 96.8 Å². The highest BCUT2D eigenvalue weighted by Crippen LogP contribution is 2.61. The van der Waals surface area contributed by atoms with Gasteiger partial charge in [0.2, 0.25) is 23.3 Å². The van der Waals surface area contributed by atoms with Crippen molar-refractivity contribution in [2.45, 2.75) is 63.0 Å². The molecule has 0 radical (unpaired) electrons. The number of carbonyl (C=O) groups excluding carboxylic acids is 3. The summed E-state index contributed by atoms with van der Waals surface area (Å²) < 4.78 is 61.5. The van der Waals surface area contributed by atoms with Crippen LogP contribution < -0.4 is 16.4 Å². The lowest BCUT2D eigenvalue weighted by Crippen LogP contribution is -2.63. The topological polar surface area (TPSA) is 381 Å². The summed E-state index contributed by atoms with van der Waals surface area (Å²) in [5.41, 5.74) is 2.02. The third-order valence-corrected chi connectivity index (χ3v) is 11.2. The maximum Gasteiger partial charge on any atom is 0.481 e. The van der Waals surface area contributed by atoms with Gasteiger partial charge < -0.3 is 56.0 Å². The third-order valence-electron chi connectivity index (χ3n) is 7.88. The van der Waals surface area contributed by atoms with Crippen molar-refractivity contribution >= 4 is 71.6 Å². The van der Waals surface area contributed by atoms with Crippen LogP contribution in [-0.4, -0.2) is 157 Å². The summed E-state index contributed by atoms with van der Waals surface area (Å²) in [5, 5.41) is 35.6. The molecule has 0 aliphatic carbocycles. The lowest BCUT2D eigenvalue weighted by atomic mass is 9.87. The van der Waals surface area contributed by atoms with E-state index in [0.29, 0.717) is 12.3 Å². The molecular weight excluding hydrogens is 823 g/mol. The molecule has 8 atom stereocenters. The fraction of sp³-hybridized carbons (Fsp3) is 0.692. The van der Waals surface area contributed by atoms with E-state index in [9.17, 15) is 57.9 Å². The number of phosphoric acid groups is 3. The van der Waals surface area contributed by atoms with Gasteiger partial charge in [-0.3, -0.25) is 32.9 Å². The highest BCUT2D eigenvalue weighted by molar-refractivity contribution is 7.80. The zero-order valence-electron chi connectivity index (χ0n) is 29.3. The zero-order chi connectivity index (χ0) is 41.4. The number of amidine groups is 1. The van der Waals surface area contributed by atoms with Gasteiger partial charge in [-0.1, -0.05) is 19.9 Å². The SMILES string of the molecule is CC(C)(COP(=O)(O)OP(=O)(O)OC[C@H]1O[C@@H](N2CN=C3C(N)=NC=NC32C(=O)C=CCCO)[C@H](O)[C@@H]1OP(=O)(O)O)C(O)C(=O)NCCC(=O)NCCS. The van der Waals surface area contributed by atoms with Gasteiger partial charge in [-0.2, -0.15) is 16.9 Å². The first-order chi connectivity index (χ1) is 25.5. The van der Waals surface area contributed by atoms with Crippen LogP contribution in [0.1, 0.15) is 26.7 Å². The number of nitrogens with two attached hydrogens (primary N) is 1. The standard InChI is InChI=1S/C26H44N7O18P3S/c1-25(2,21(38)23(39)29-7-6-17(36)28-8-10-55)12-48-54(45,46)51-53(43,44)47-11-15-19(50-52(40,41)42)18(37)24(49-15)33-14-31-20-22(27)30-13-32-26(20,33)16(35)5-3-4-9-34/h3,5,13,15,18-19,21,24,34,37-38,55H,4,6-12,14H2,1-2H3,(H,28,36)(H,29,39)(H,43,44)(H,45,46)(H2,27,30,32)(H2,40,41,42)/t15-,18-,19-,21?,24-,26?/m1/s1. The van der Waals surface area contributed by atoms with Crippen LogP contribution in [0.3, 0.4) is 0 Å². The van der Waals surface area contributed by atoms with Crippen molar-refractivity contribution in [3.63, 3.8) is 0 Å². The Kier molecular flexibility index (Phi) is 16.6. The van der Waals surface area contributed by atoms with E-state index in [1.807, 2.05) is 0 Å². The summed E-state index contributed by atoms with van der Waals surface area (Å²) in [6, 6.07) is 0. The van der Waals surface area contributed by atoms with E-state index >= 15 is 0 Å². The van der Waals surface area contributed by atoms with Gasteiger partial charge in [0, 0.05) is 37.3 Å². The Morgan fingerprint density at radius 1 is 1.16 bits per heavy atom. The number of fused-ring (bicyclic) bond motifs is 1. The number of carbonyl (C=O) groups is 3. The van der Waals surface area contributed by atoms with Crippen molar-refractivity contribution in [1.82, 2.24) is 15.5 Å².